The second kappa shape index (κ2) is 9.19. The predicted octanol–water partition coefficient (Wildman–Crippen LogP) is 4.42. The van der Waals surface area contributed by atoms with Crippen LogP contribution in [-0.4, -0.2) is 34.9 Å². The third-order valence-corrected chi connectivity index (χ3v) is 5.75. The van der Waals surface area contributed by atoms with Crippen molar-refractivity contribution in [3.63, 3.8) is 0 Å². The molecule has 2 unspecified atom stereocenters. The monoisotopic (exact) mass is 421 g/mol. The highest BCUT2D eigenvalue weighted by Crippen LogP contribution is 2.32. The lowest BCUT2D eigenvalue weighted by Crippen LogP contribution is -2.34. The molecule has 1 aromatic carbocycles. The quantitative estimate of drug-likeness (QED) is 0.796. The third kappa shape index (κ3) is 4.66. The number of halogens is 3. The Morgan fingerprint density at radius 2 is 2.16 bits per heavy atom. The van der Waals surface area contributed by atoms with Crippen molar-refractivity contribution < 1.29 is 4.79 Å². The van der Waals surface area contributed by atoms with Crippen LogP contribution in [0.3, 0.4) is 0 Å². The van der Waals surface area contributed by atoms with Crippen molar-refractivity contribution in [3.05, 3.63) is 39.9 Å². The molecule has 138 valence electrons. The van der Waals surface area contributed by atoms with E-state index in [1.807, 2.05) is 36.1 Å². The molecule has 2 N–H and O–H groups in total. The van der Waals surface area contributed by atoms with E-state index in [0.29, 0.717) is 22.4 Å². The maximum Gasteiger partial charge on any atom is 0.266 e. The van der Waals surface area contributed by atoms with Gasteiger partial charge in [-0.3, -0.25) is 4.79 Å². The van der Waals surface area contributed by atoms with Crippen molar-refractivity contribution in [2.75, 3.05) is 13.1 Å². The molecule has 2 heterocycles. The third-order valence-electron chi connectivity index (χ3n) is 4.32. The van der Waals surface area contributed by atoms with Crippen molar-refractivity contribution >= 4 is 53.7 Å². The highest BCUT2D eigenvalue weighted by Gasteiger charge is 2.33. The Morgan fingerprint density at radius 1 is 1.44 bits per heavy atom. The summed E-state index contributed by atoms with van der Waals surface area (Å²) in [7, 11) is 0. The Hall–Kier alpha value is -0.850. The molecule has 2 aromatic rings. The molecule has 2 atom stereocenters. The summed E-state index contributed by atoms with van der Waals surface area (Å²) in [5.41, 5.74) is 7.48. The van der Waals surface area contributed by atoms with Crippen molar-refractivity contribution in [1.29, 1.82) is 0 Å². The van der Waals surface area contributed by atoms with Gasteiger partial charge in [0, 0.05) is 23.2 Å². The summed E-state index contributed by atoms with van der Waals surface area (Å²) >= 11 is 7.48. The normalized spacial score (nSPS) is 19.3. The van der Waals surface area contributed by atoms with E-state index in [1.165, 1.54) is 11.3 Å². The van der Waals surface area contributed by atoms with E-state index >= 15 is 0 Å². The average Bonchev–Trinajstić information content (AvgIpc) is 3.09. The Morgan fingerprint density at radius 3 is 2.76 bits per heavy atom. The number of nitrogens with zero attached hydrogens (tertiary/aromatic N) is 2. The van der Waals surface area contributed by atoms with Crippen LogP contribution in [0.25, 0.3) is 10.6 Å². The number of carbonyl (C=O) groups is 1. The first kappa shape index (κ1) is 22.2. The zero-order valence-electron chi connectivity index (χ0n) is 14.1. The summed E-state index contributed by atoms with van der Waals surface area (Å²) in [4.78, 5) is 20.1. The standard InChI is InChI=1S/C17H20ClN3OS.2ClH/c1-10-6-12(8-19)9-21(10)17(22)15-11(2)20-16(23-15)13-4-3-5-14(18)7-13;;/h3-5,7,10,12H,6,8-9,19H2,1-2H3;2*1H. The number of benzene rings is 1. The van der Waals surface area contributed by atoms with Crippen LogP contribution in [0.5, 0.6) is 0 Å². The number of thiazole rings is 1. The van der Waals surface area contributed by atoms with Crippen LogP contribution in [0.15, 0.2) is 24.3 Å². The van der Waals surface area contributed by atoms with Gasteiger partial charge in [0.2, 0.25) is 0 Å². The zero-order chi connectivity index (χ0) is 16.6. The minimum Gasteiger partial charge on any atom is -0.335 e. The molecule has 8 heteroatoms. The molecular formula is C17H22Cl3N3OS. The molecule has 1 saturated heterocycles. The van der Waals surface area contributed by atoms with E-state index in [4.69, 9.17) is 17.3 Å². The van der Waals surface area contributed by atoms with Gasteiger partial charge in [-0.15, -0.1) is 36.2 Å². The smallest absolute Gasteiger partial charge is 0.266 e. The average molecular weight is 423 g/mol. The van der Waals surface area contributed by atoms with Gasteiger partial charge in [-0.2, -0.15) is 0 Å². The molecule has 1 aliphatic heterocycles. The summed E-state index contributed by atoms with van der Waals surface area (Å²) in [6.07, 6.45) is 0.973. The number of nitrogens with two attached hydrogens (primary N) is 1. The van der Waals surface area contributed by atoms with Gasteiger partial charge in [-0.25, -0.2) is 4.98 Å². The van der Waals surface area contributed by atoms with Gasteiger partial charge in [0.25, 0.3) is 5.91 Å². The van der Waals surface area contributed by atoms with Gasteiger partial charge in [0.1, 0.15) is 9.88 Å². The molecule has 0 aliphatic carbocycles. The molecule has 1 aromatic heterocycles. The van der Waals surface area contributed by atoms with Crippen molar-refractivity contribution in [1.82, 2.24) is 9.88 Å². The van der Waals surface area contributed by atoms with Crippen LogP contribution in [0.2, 0.25) is 5.02 Å². The highest BCUT2D eigenvalue weighted by atomic mass is 35.5. The van der Waals surface area contributed by atoms with Crippen LogP contribution >= 0.6 is 47.8 Å². The largest absolute Gasteiger partial charge is 0.335 e. The lowest BCUT2D eigenvalue weighted by Gasteiger charge is -2.20. The van der Waals surface area contributed by atoms with E-state index in [-0.39, 0.29) is 36.8 Å². The van der Waals surface area contributed by atoms with Crippen LogP contribution in [0, 0.1) is 12.8 Å². The van der Waals surface area contributed by atoms with Crippen LogP contribution < -0.4 is 5.73 Å². The number of likely N-dealkylation sites (tertiary alicyclic amines) is 1. The van der Waals surface area contributed by atoms with Gasteiger partial charge < -0.3 is 10.6 Å². The summed E-state index contributed by atoms with van der Waals surface area (Å²) in [5, 5.41) is 1.50. The van der Waals surface area contributed by atoms with E-state index in [1.54, 1.807) is 0 Å². The Balaban J connectivity index is 0.00000156. The lowest BCUT2D eigenvalue weighted by atomic mass is 10.1. The highest BCUT2D eigenvalue weighted by molar-refractivity contribution is 7.17. The van der Waals surface area contributed by atoms with Crippen molar-refractivity contribution in [2.24, 2.45) is 11.7 Å². The molecule has 0 saturated carbocycles. The molecule has 1 fully saturated rings. The van der Waals surface area contributed by atoms with Gasteiger partial charge in [0.15, 0.2) is 0 Å². The first-order valence-electron chi connectivity index (χ1n) is 7.74. The molecular weight excluding hydrogens is 401 g/mol. The van der Waals surface area contributed by atoms with Crippen molar-refractivity contribution in [3.8, 4) is 10.6 Å². The lowest BCUT2D eigenvalue weighted by molar-refractivity contribution is 0.0747. The zero-order valence-corrected chi connectivity index (χ0v) is 17.3. The van der Waals surface area contributed by atoms with Gasteiger partial charge >= 0.3 is 0 Å². The van der Waals surface area contributed by atoms with Crippen molar-refractivity contribution in [2.45, 2.75) is 26.3 Å². The molecule has 4 nitrogen and oxygen atoms in total. The topological polar surface area (TPSA) is 59.2 Å². The summed E-state index contributed by atoms with van der Waals surface area (Å²) in [5.74, 6) is 0.464. The maximum atomic E-state index is 12.9. The van der Waals surface area contributed by atoms with Gasteiger partial charge in [-0.05, 0) is 44.9 Å². The predicted molar refractivity (Wildman–Crippen MR) is 109 cm³/mol. The molecule has 25 heavy (non-hydrogen) atoms. The summed E-state index contributed by atoms with van der Waals surface area (Å²) in [6, 6.07) is 7.78. The fourth-order valence-corrected chi connectivity index (χ4v) is 4.28. The van der Waals surface area contributed by atoms with E-state index in [0.717, 1.165) is 29.2 Å². The number of carbonyl (C=O) groups excluding carboxylic acids is 1. The molecule has 1 aliphatic rings. The summed E-state index contributed by atoms with van der Waals surface area (Å²) < 4.78 is 0. The second-order valence-electron chi connectivity index (χ2n) is 6.09. The molecule has 0 spiro atoms. The number of hydrogen-bond acceptors (Lipinski definition) is 4. The number of rotatable bonds is 3. The fraction of sp³-hybridized carbons (Fsp3) is 0.412. The molecule has 0 radical (unpaired) electrons. The van der Waals surface area contributed by atoms with Gasteiger partial charge in [0.05, 0.1) is 5.69 Å². The Bertz CT molecular complexity index is 738. The second-order valence-corrected chi connectivity index (χ2v) is 7.52. The maximum absolute atomic E-state index is 12.9. The first-order chi connectivity index (χ1) is 11.0. The number of amides is 1. The van der Waals surface area contributed by atoms with Crippen LogP contribution in [-0.2, 0) is 0 Å². The van der Waals surface area contributed by atoms with E-state index in [9.17, 15) is 4.79 Å². The first-order valence-corrected chi connectivity index (χ1v) is 8.93. The Labute approximate surface area is 169 Å². The SMILES string of the molecule is Cc1nc(-c2cccc(Cl)c2)sc1C(=O)N1CC(CN)CC1C.Cl.Cl. The summed E-state index contributed by atoms with van der Waals surface area (Å²) in [6.45, 7) is 5.34. The molecule has 3 rings (SSSR count). The molecule has 0 bridgehead atoms. The fourth-order valence-electron chi connectivity index (χ4n) is 3.07. The minimum atomic E-state index is 0. The number of aromatic nitrogens is 1. The van der Waals surface area contributed by atoms with E-state index < -0.39 is 0 Å². The van der Waals surface area contributed by atoms with E-state index in [2.05, 4.69) is 11.9 Å². The molecule has 1 amide bonds. The number of hydrogen-bond donors (Lipinski definition) is 1. The Kier molecular flexibility index (Phi) is 8.16. The minimum absolute atomic E-state index is 0. The number of aryl methyl sites for hydroxylation is 1. The van der Waals surface area contributed by atoms with Gasteiger partial charge in [-0.1, -0.05) is 23.7 Å². The van der Waals surface area contributed by atoms with Crippen LogP contribution in [0.1, 0.15) is 28.7 Å². The van der Waals surface area contributed by atoms with Crippen LogP contribution in [0.4, 0.5) is 0 Å².